The van der Waals surface area contributed by atoms with E-state index in [9.17, 15) is 4.79 Å². The Hall–Kier alpha value is -1.67. The minimum absolute atomic E-state index is 0.277. The van der Waals surface area contributed by atoms with Crippen molar-refractivity contribution < 1.29 is 9.53 Å². The summed E-state index contributed by atoms with van der Waals surface area (Å²) in [4.78, 5) is 14.8. The second-order valence-corrected chi connectivity index (χ2v) is 3.90. The number of carbonyl (C=O) groups is 1. The van der Waals surface area contributed by atoms with Gasteiger partial charge in [-0.15, -0.1) is 0 Å². The number of pyridine rings is 1. The fraction of sp³-hybridized carbons (Fsp3) is 0.417. The summed E-state index contributed by atoms with van der Waals surface area (Å²) in [6.07, 6.45) is 0.629. The third kappa shape index (κ3) is 2.53. The Bertz CT molecular complexity index is 541. The third-order valence-electron chi connectivity index (χ3n) is 2.41. The van der Waals surface area contributed by atoms with Gasteiger partial charge in [-0.25, -0.2) is 4.79 Å². The zero-order chi connectivity index (χ0) is 13.0. The number of nitriles is 1. The van der Waals surface area contributed by atoms with Gasteiger partial charge in [-0.2, -0.15) is 5.26 Å². The van der Waals surface area contributed by atoms with Crippen molar-refractivity contribution in [3.05, 3.63) is 27.0 Å². The molecule has 0 aromatic carbocycles. The Morgan fingerprint density at radius 2 is 2.18 bits per heavy atom. The zero-order valence-corrected chi connectivity index (χ0v) is 10.9. The molecule has 0 bridgehead atoms. The van der Waals surface area contributed by atoms with Gasteiger partial charge in [0.15, 0.2) is 0 Å². The Balaban J connectivity index is 3.53. The molecule has 0 saturated carbocycles. The maximum atomic E-state index is 11.8. The first-order chi connectivity index (χ1) is 8.06. The lowest BCUT2D eigenvalue weighted by molar-refractivity contribution is 0.0524. The van der Waals surface area contributed by atoms with Gasteiger partial charge in [0.25, 0.3) is 0 Å². The van der Waals surface area contributed by atoms with Gasteiger partial charge >= 0.3 is 5.97 Å². The van der Waals surface area contributed by atoms with Crippen molar-refractivity contribution in [3.8, 4) is 6.07 Å². The molecule has 1 heterocycles. The molecular weight excluding hydrogens is 236 g/mol. The topological polar surface area (TPSA) is 65.9 Å². The number of nitrogens with zero attached hydrogens (tertiary/aromatic N) is 1. The predicted molar refractivity (Wildman–Crippen MR) is 66.4 cm³/mol. The SMILES string of the molecule is CCOC(=O)c1c(CC)[nH]c(C)c(C#N)c1=S. The number of hydrogen-bond acceptors (Lipinski definition) is 4. The summed E-state index contributed by atoms with van der Waals surface area (Å²) in [5, 5.41) is 9.01. The molecule has 1 aromatic heterocycles. The number of aryl methyl sites for hydroxylation is 2. The fourth-order valence-electron chi connectivity index (χ4n) is 1.60. The summed E-state index contributed by atoms with van der Waals surface area (Å²) in [6.45, 7) is 5.69. The fourth-order valence-corrected chi connectivity index (χ4v) is 2.01. The summed E-state index contributed by atoms with van der Waals surface area (Å²) in [7, 11) is 0. The lowest BCUT2D eigenvalue weighted by Gasteiger charge is -2.10. The van der Waals surface area contributed by atoms with Crippen molar-refractivity contribution in [2.75, 3.05) is 6.61 Å². The number of H-pyrrole nitrogens is 1. The first-order valence-corrected chi connectivity index (χ1v) is 5.80. The lowest BCUT2D eigenvalue weighted by atomic mass is 10.1. The second-order valence-electron chi connectivity index (χ2n) is 3.49. The summed E-state index contributed by atoms with van der Waals surface area (Å²) in [6, 6.07) is 2.01. The molecule has 0 aliphatic carbocycles. The summed E-state index contributed by atoms with van der Waals surface area (Å²) >= 11 is 5.18. The highest BCUT2D eigenvalue weighted by Crippen LogP contribution is 2.17. The lowest BCUT2D eigenvalue weighted by Crippen LogP contribution is -2.12. The summed E-state index contributed by atoms with van der Waals surface area (Å²) < 4.78 is 5.23. The van der Waals surface area contributed by atoms with Gasteiger partial charge in [0.2, 0.25) is 0 Å². The van der Waals surface area contributed by atoms with Crippen molar-refractivity contribution in [1.82, 2.24) is 4.98 Å². The molecule has 0 unspecified atom stereocenters. The van der Waals surface area contributed by atoms with Crippen LogP contribution in [0.5, 0.6) is 0 Å². The van der Waals surface area contributed by atoms with E-state index in [-0.39, 0.29) is 11.1 Å². The monoisotopic (exact) mass is 250 g/mol. The highest BCUT2D eigenvalue weighted by Gasteiger charge is 2.18. The van der Waals surface area contributed by atoms with E-state index in [4.69, 9.17) is 22.2 Å². The van der Waals surface area contributed by atoms with Gasteiger partial charge in [-0.3, -0.25) is 0 Å². The number of nitrogens with one attached hydrogen (secondary N) is 1. The van der Waals surface area contributed by atoms with Crippen molar-refractivity contribution in [2.45, 2.75) is 27.2 Å². The largest absolute Gasteiger partial charge is 0.462 e. The Labute approximate surface area is 105 Å². The third-order valence-corrected chi connectivity index (χ3v) is 2.82. The average Bonchev–Trinajstić information content (AvgIpc) is 2.28. The summed E-state index contributed by atoms with van der Waals surface area (Å²) in [5.74, 6) is -0.470. The van der Waals surface area contributed by atoms with E-state index in [0.29, 0.717) is 28.9 Å². The normalized spacial score (nSPS) is 9.76. The highest BCUT2D eigenvalue weighted by molar-refractivity contribution is 7.71. The number of rotatable bonds is 3. The van der Waals surface area contributed by atoms with Gasteiger partial charge in [0.05, 0.1) is 22.2 Å². The van der Waals surface area contributed by atoms with Crippen LogP contribution in [-0.2, 0) is 11.2 Å². The van der Waals surface area contributed by atoms with E-state index >= 15 is 0 Å². The van der Waals surface area contributed by atoms with Gasteiger partial charge in [-0.05, 0) is 20.3 Å². The number of hydrogen-bond donors (Lipinski definition) is 1. The Morgan fingerprint density at radius 3 is 2.65 bits per heavy atom. The van der Waals surface area contributed by atoms with Crippen molar-refractivity contribution in [2.24, 2.45) is 0 Å². The number of carbonyl (C=O) groups excluding carboxylic acids is 1. The van der Waals surface area contributed by atoms with E-state index < -0.39 is 5.97 Å². The van der Waals surface area contributed by atoms with E-state index in [1.807, 2.05) is 13.0 Å². The van der Waals surface area contributed by atoms with Gasteiger partial charge < -0.3 is 9.72 Å². The minimum atomic E-state index is -0.470. The number of ether oxygens (including phenoxy) is 1. The van der Waals surface area contributed by atoms with Crippen molar-refractivity contribution >= 4 is 18.2 Å². The zero-order valence-electron chi connectivity index (χ0n) is 10.1. The minimum Gasteiger partial charge on any atom is -0.462 e. The Kier molecular flexibility index (Phi) is 4.41. The van der Waals surface area contributed by atoms with E-state index in [1.54, 1.807) is 13.8 Å². The number of esters is 1. The quantitative estimate of drug-likeness (QED) is 0.661. The average molecular weight is 250 g/mol. The molecular formula is C12H14N2O2S. The van der Waals surface area contributed by atoms with E-state index in [0.717, 1.165) is 0 Å². The molecule has 0 amide bonds. The molecule has 5 heteroatoms. The molecule has 0 radical (unpaired) electrons. The molecule has 0 saturated heterocycles. The van der Waals surface area contributed by atoms with Crippen LogP contribution >= 0.6 is 12.2 Å². The van der Waals surface area contributed by atoms with Crippen LogP contribution in [0.2, 0.25) is 0 Å². The molecule has 0 spiro atoms. The highest BCUT2D eigenvalue weighted by atomic mass is 32.1. The predicted octanol–water partition coefficient (Wildman–Crippen LogP) is 2.66. The van der Waals surface area contributed by atoms with Gasteiger partial charge in [0.1, 0.15) is 6.07 Å². The van der Waals surface area contributed by atoms with Crippen LogP contribution in [-0.4, -0.2) is 17.6 Å². The van der Waals surface area contributed by atoms with E-state index in [1.165, 1.54) is 0 Å². The molecule has 17 heavy (non-hydrogen) atoms. The maximum Gasteiger partial charge on any atom is 0.341 e. The van der Waals surface area contributed by atoms with Gasteiger partial charge in [-0.1, -0.05) is 19.1 Å². The second kappa shape index (κ2) is 5.60. The molecule has 0 aliphatic heterocycles. The standard InChI is InChI=1S/C12H14N2O2S/c1-4-9-10(12(15)16-5-2)11(17)8(6-13)7(3)14-9/h4-5H2,1-3H3,(H,14,17). The molecule has 1 aromatic rings. The molecule has 0 fully saturated rings. The molecule has 0 aliphatic rings. The molecule has 0 atom stereocenters. The van der Waals surface area contributed by atoms with Crippen molar-refractivity contribution in [3.63, 3.8) is 0 Å². The molecule has 1 rings (SSSR count). The first-order valence-electron chi connectivity index (χ1n) is 5.39. The van der Waals surface area contributed by atoms with Crippen LogP contribution < -0.4 is 0 Å². The smallest absolute Gasteiger partial charge is 0.341 e. The van der Waals surface area contributed by atoms with Crippen LogP contribution in [0.3, 0.4) is 0 Å². The van der Waals surface area contributed by atoms with Crippen LogP contribution in [0.15, 0.2) is 0 Å². The Morgan fingerprint density at radius 1 is 1.53 bits per heavy atom. The van der Waals surface area contributed by atoms with Crippen LogP contribution in [0, 0.1) is 22.8 Å². The molecule has 4 nitrogen and oxygen atoms in total. The molecule has 1 N–H and O–H groups in total. The maximum absolute atomic E-state index is 11.8. The first kappa shape index (κ1) is 13.4. The van der Waals surface area contributed by atoms with Gasteiger partial charge in [0, 0.05) is 11.4 Å². The number of aromatic nitrogens is 1. The van der Waals surface area contributed by atoms with Crippen LogP contribution in [0.1, 0.15) is 41.2 Å². The van der Waals surface area contributed by atoms with Crippen LogP contribution in [0.4, 0.5) is 0 Å². The molecule has 90 valence electrons. The summed E-state index contributed by atoms with van der Waals surface area (Å²) in [5.41, 5.74) is 2.04. The van der Waals surface area contributed by atoms with Crippen LogP contribution in [0.25, 0.3) is 0 Å². The van der Waals surface area contributed by atoms with Crippen molar-refractivity contribution in [1.29, 1.82) is 5.26 Å². The number of aromatic amines is 1. The van der Waals surface area contributed by atoms with E-state index in [2.05, 4.69) is 4.98 Å².